The van der Waals surface area contributed by atoms with E-state index in [9.17, 15) is 4.79 Å². The van der Waals surface area contributed by atoms with Crippen molar-refractivity contribution in [1.82, 2.24) is 5.32 Å². The van der Waals surface area contributed by atoms with Crippen LogP contribution in [0.2, 0.25) is 0 Å². The highest BCUT2D eigenvalue weighted by Gasteiger charge is 2.10. The first kappa shape index (κ1) is 10.3. The number of hydrogen-bond donors (Lipinski definition) is 1. The minimum atomic E-state index is 0.186. The Kier molecular flexibility index (Phi) is 3.99. The van der Waals surface area contributed by atoms with Crippen LogP contribution in [-0.2, 0) is 4.79 Å². The molecule has 0 aliphatic heterocycles. The first-order valence-electron chi connectivity index (χ1n) is 4.29. The molecule has 0 saturated heterocycles. The first-order valence-corrected chi connectivity index (χ1v) is 4.70. The molecule has 0 saturated carbocycles. The van der Waals surface area contributed by atoms with Crippen LogP contribution in [0.3, 0.4) is 0 Å². The third kappa shape index (κ3) is 3.20. The lowest BCUT2D eigenvalue weighted by Gasteiger charge is -2.09. The number of ketones is 1. The molecule has 3 heteroatoms. The molecule has 0 spiro atoms. The van der Waals surface area contributed by atoms with Gasteiger partial charge < -0.3 is 5.32 Å². The SMILES string of the molecule is CNCC(=O)CC1=CC=CCC1=S. The van der Waals surface area contributed by atoms with E-state index in [0.717, 1.165) is 16.9 Å². The van der Waals surface area contributed by atoms with Gasteiger partial charge in [0.15, 0.2) is 5.78 Å². The van der Waals surface area contributed by atoms with E-state index in [-0.39, 0.29) is 5.78 Å². The van der Waals surface area contributed by atoms with E-state index in [1.165, 1.54) is 0 Å². The summed E-state index contributed by atoms with van der Waals surface area (Å²) in [5.74, 6) is 0.186. The molecule has 0 aromatic rings. The standard InChI is InChI=1S/C10H13NOS/c1-11-7-9(12)6-8-4-2-3-5-10(8)13/h2-4,11H,5-7H2,1H3. The molecule has 0 amide bonds. The smallest absolute Gasteiger partial charge is 0.151 e. The van der Waals surface area contributed by atoms with E-state index in [2.05, 4.69) is 5.32 Å². The second-order valence-corrected chi connectivity index (χ2v) is 3.49. The lowest BCUT2D eigenvalue weighted by molar-refractivity contribution is -0.117. The van der Waals surface area contributed by atoms with Gasteiger partial charge in [0, 0.05) is 17.7 Å². The molecule has 1 N–H and O–H groups in total. The van der Waals surface area contributed by atoms with Gasteiger partial charge in [-0.1, -0.05) is 30.4 Å². The molecule has 1 rings (SSSR count). The predicted molar refractivity (Wildman–Crippen MR) is 58.0 cm³/mol. The molecule has 70 valence electrons. The summed E-state index contributed by atoms with van der Waals surface area (Å²) >= 11 is 5.14. The number of allylic oxidation sites excluding steroid dienone is 4. The van der Waals surface area contributed by atoms with Gasteiger partial charge in [0.2, 0.25) is 0 Å². The molecule has 0 aromatic heterocycles. The minimum Gasteiger partial charge on any atom is -0.313 e. The molecule has 0 radical (unpaired) electrons. The molecule has 0 aromatic carbocycles. The zero-order valence-electron chi connectivity index (χ0n) is 7.67. The van der Waals surface area contributed by atoms with Crippen molar-refractivity contribution < 1.29 is 4.79 Å². The van der Waals surface area contributed by atoms with Crippen LogP contribution in [0.1, 0.15) is 12.8 Å². The van der Waals surface area contributed by atoms with E-state index >= 15 is 0 Å². The lowest BCUT2D eigenvalue weighted by atomic mass is 10.00. The monoisotopic (exact) mass is 195 g/mol. The van der Waals surface area contributed by atoms with Crippen molar-refractivity contribution in [2.75, 3.05) is 13.6 Å². The fraction of sp³-hybridized carbons (Fsp3) is 0.400. The number of Topliss-reactive ketones (excluding diaryl/α,β-unsaturated/α-hetero) is 1. The zero-order valence-corrected chi connectivity index (χ0v) is 8.49. The number of likely N-dealkylation sites (N-methyl/N-ethyl adjacent to an activating group) is 1. The Bertz CT molecular complexity index is 279. The second-order valence-electron chi connectivity index (χ2n) is 2.99. The lowest BCUT2D eigenvalue weighted by Crippen LogP contribution is -2.20. The van der Waals surface area contributed by atoms with Gasteiger partial charge in [0.1, 0.15) is 0 Å². The van der Waals surface area contributed by atoms with Gasteiger partial charge in [-0.3, -0.25) is 4.79 Å². The Labute approximate surface area is 83.7 Å². The Morgan fingerprint density at radius 1 is 1.69 bits per heavy atom. The maximum atomic E-state index is 11.3. The van der Waals surface area contributed by atoms with Crippen LogP contribution in [0, 0.1) is 0 Å². The Hall–Kier alpha value is -0.800. The summed E-state index contributed by atoms with van der Waals surface area (Å²) in [6, 6.07) is 0. The summed E-state index contributed by atoms with van der Waals surface area (Å²) in [6.07, 6.45) is 7.16. The van der Waals surface area contributed by atoms with Gasteiger partial charge in [-0.2, -0.15) is 0 Å². The largest absolute Gasteiger partial charge is 0.313 e. The molecule has 0 bridgehead atoms. The summed E-state index contributed by atoms with van der Waals surface area (Å²) in [7, 11) is 1.77. The molecule has 0 fully saturated rings. The Morgan fingerprint density at radius 3 is 3.08 bits per heavy atom. The number of carbonyl (C=O) groups excluding carboxylic acids is 1. The van der Waals surface area contributed by atoms with Crippen LogP contribution >= 0.6 is 12.2 Å². The maximum Gasteiger partial charge on any atom is 0.151 e. The fourth-order valence-corrected chi connectivity index (χ4v) is 1.45. The quantitative estimate of drug-likeness (QED) is 0.688. The van der Waals surface area contributed by atoms with Crippen LogP contribution in [0.5, 0.6) is 0 Å². The highest BCUT2D eigenvalue weighted by molar-refractivity contribution is 7.80. The van der Waals surface area contributed by atoms with Gasteiger partial charge in [-0.25, -0.2) is 0 Å². The van der Waals surface area contributed by atoms with E-state index in [4.69, 9.17) is 12.2 Å². The van der Waals surface area contributed by atoms with Crippen molar-refractivity contribution >= 4 is 22.9 Å². The van der Waals surface area contributed by atoms with Crippen LogP contribution < -0.4 is 5.32 Å². The first-order chi connectivity index (χ1) is 6.24. The molecular weight excluding hydrogens is 182 g/mol. The van der Waals surface area contributed by atoms with Gasteiger partial charge in [-0.05, 0) is 12.6 Å². The van der Waals surface area contributed by atoms with Crippen LogP contribution in [0.15, 0.2) is 23.8 Å². The Balaban J connectivity index is 2.52. The van der Waals surface area contributed by atoms with Crippen LogP contribution in [-0.4, -0.2) is 24.2 Å². The van der Waals surface area contributed by atoms with Crippen LogP contribution in [0.4, 0.5) is 0 Å². The normalized spacial score (nSPS) is 15.8. The van der Waals surface area contributed by atoms with Crippen molar-refractivity contribution in [3.8, 4) is 0 Å². The van der Waals surface area contributed by atoms with E-state index < -0.39 is 0 Å². The van der Waals surface area contributed by atoms with E-state index in [1.807, 2.05) is 18.2 Å². The highest BCUT2D eigenvalue weighted by Crippen LogP contribution is 2.13. The summed E-state index contributed by atoms with van der Waals surface area (Å²) in [6.45, 7) is 0.420. The maximum absolute atomic E-state index is 11.3. The molecule has 13 heavy (non-hydrogen) atoms. The average Bonchev–Trinajstić information content (AvgIpc) is 2.09. The number of hydrogen-bond acceptors (Lipinski definition) is 3. The van der Waals surface area contributed by atoms with E-state index in [1.54, 1.807) is 7.05 Å². The van der Waals surface area contributed by atoms with Crippen molar-refractivity contribution in [3.63, 3.8) is 0 Å². The summed E-state index contributed by atoms with van der Waals surface area (Å²) < 4.78 is 0. The number of nitrogens with one attached hydrogen (secondary N) is 1. The molecule has 0 atom stereocenters. The third-order valence-corrected chi connectivity index (χ3v) is 2.29. The fourth-order valence-electron chi connectivity index (χ4n) is 1.21. The van der Waals surface area contributed by atoms with Crippen molar-refractivity contribution in [1.29, 1.82) is 0 Å². The summed E-state index contributed by atoms with van der Waals surface area (Å²) in [4.78, 5) is 12.2. The molecule has 0 heterocycles. The average molecular weight is 195 g/mol. The summed E-state index contributed by atoms with van der Waals surface area (Å²) in [5, 5.41) is 2.83. The van der Waals surface area contributed by atoms with Gasteiger partial charge in [0.25, 0.3) is 0 Å². The third-order valence-electron chi connectivity index (χ3n) is 1.86. The van der Waals surface area contributed by atoms with Crippen LogP contribution in [0.25, 0.3) is 0 Å². The second kappa shape index (κ2) is 5.04. The van der Waals surface area contributed by atoms with Crippen molar-refractivity contribution in [2.45, 2.75) is 12.8 Å². The van der Waals surface area contributed by atoms with Crippen molar-refractivity contribution in [2.24, 2.45) is 0 Å². The molecule has 0 unspecified atom stereocenters. The minimum absolute atomic E-state index is 0.186. The number of carbonyl (C=O) groups is 1. The zero-order chi connectivity index (χ0) is 9.68. The van der Waals surface area contributed by atoms with Gasteiger partial charge in [-0.15, -0.1) is 0 Å². The van der Waals surface area contributed by atoms with E-state index in [0.29, 0.717) is 13.0 Å². The summed E-state index contributed by atoms with van der Waals surface area (Å²) in [5.41, 5.74) is 0.998. The highest BCUT2D eigenvalue weighted by atomic mass is 32.1. The van der Waals surface area contributed by atoms with Gasteiger partial charge >= 0.3 is 0 Å². The molecule has 2 nitrogen and oxygen atoms in total. The predicted octanol–water partition coefficient (Wildman–Crippen LogP) is 1.42. The topological polar surface area (TPSA) is 29.1 Å². The molecule has 1 aliphatic rings. The Morgan fingerprint density at radius 2 is 2.46 bits per heavy atom. The number of rotatable bonds is 4. The van der Waals surface area contributed by atoms with Crippen molar-refractivity contribution in [3.05, 3.63) is 23.8 Å². The number of thiocarbonyl (C=S) groups is 1. The van der Waals surface area contributed by atoms with Gasteiger partial charge in [0.05, 0.1) is 6.54 Å². The molecular formula is C10H13NOS. The molecule has 1 aliphatic carbocycles.